The molecular formula is C28H29ClN6O2S2. The first-order valence-corrected chi connectivity index (χ1v) is 14.5. The van der Waals surface area contributed by atoms with Crippen molar-refractivity contribution in [3.63, 3.8) is 0 Å². The van der Waals surface area contributed by atoms with Gasteiger partial charge in [-0.2, -0.15) is 0 Å². The third-order valence-corrected chi connectivity index (χ3v) is 9.68. The normalized spacial score (nSPS) is 20.7. The van der Waals surface area contributed by atoms with E-state index in [0.717, 1.165) is 53.7 Å². The number of rotatable bonds is 5. The minimum Gasteiger partial charge on any atom is -0.376 e. The van der Waals surface area contributed by atoms with Gasteiger partial charge >= 0.3 is 0 Å². The van der Waals surface area contributed by atoms with E-state index in [0.29, 0.717) is 27.5 Å². The summed E-state index contributed by atoms with van der Waals surface area (Å²) in [7, 11) is 0. The van der Waals surface area contributed by atoms with Crippen LogP contribution in [0.1, 0.15) is 25.3 Å². The first kappa shape index (κ1) is 26.6. The highest BCUT2D eigenvalue weighted by Gasteiger charge is 2.47. The fourth-order valence-corrected chi connectivity index (χ4v) is 6.89. The Balaban J connectivity index is 1.18. The van der Waals surface area contributed by atoms with Crippen molar-refractivity contribution in [1.82, 2.24) is 19.5 Å². The number of halogens is 1. The van der Waals surface area contributed by atoms with Gasteiger partial charge in [0.1, 0.15) is 10.8 Å². The predicted octanol–water partition coefficient (Wildman–Crippen LogP) is 4.66. The lowest BCUT2D eigenvalue weighted by Crippen LogP contribution is -2.50. The minimum atomic E-state index is -0.192. The van der Waals surface area contributed by atoms with Crippen molar-refractivity contribution < 1.29 is 4.74 Å². The van der Waals surface area contributed by atoms with E-state index in [2.05, 4.69) is 39.4 Å². The van der Waals surface area contributed by atoms with Crippen LogP contribution in [0.3, 0.4) is 0 Å². The third kappa shape index (κ3) is 5.16. The number of aromatic nitrogens is 4. The fraction of sp³-hybridized carbons (Fsp3) is 0.357. The summed E-state index contributed by atoms with van der Waals surface area (Å²) in [4.78, 5) is 31.0. The second kappa shape index (κ2) is 10.7. The standard InChI is InChI=1S/C28H29ClN6O2S2/c1-17-26(30)28(15-37-17)7-9-34(10-8-28)22-12-32-23(13-31-22)39-21-6-5-20-24(25(21)29)27(36)35(16-33-20)14-18-3-2-4-19(38)11-18/h2-6,11-13,16-17,26,38H,7-10,14-15,30H2,1H3/t17-,26+/m0/s1. The van der Waals surface area contributed by atoms with Gasteiger partial charge in [0.15, 0.2) is 0 Å². The zero-order valence-corrected chi connectivity index (χ0v) is 23.9. The molecule has 0 bridgehead atoms. The van der Waals surface area contributed by atoms with Crippen molar-refractivity contribution in [2.75, 3.05) is 24.6 Å². The average molecular weight is 581 g/mol. The van der Waals surface area contributed by atoms with Gasteiger partial charge in [-0.15, -0.1) is 12.6 Å². The molecule has 0 saturated carbocycles. The predicted molar refractivity (Wildman–Crippen MR) is 157 cm³/mol. The van der Waals surface area contributed by atoms with Crippen LogP contribution in [-0.2, 0) is 11.3 Å². The summed E-state index contributed by atoms with van der Waals surface area (Å²) < 4.78 is 7.40. The molecule has 0 radical (unpaired) electrons. The van der Waals surface area contributed by atoms with Gasteiger partial charge < -0.3 is 15.4 Å². The number of fused-ring (bicyclic) bond motifs is 1. The van der Waals surface area contributed by atoms with Crippen LogP contribution in [0.2, 0.25) is 5.02 Å². The van der Waals surface area contributed by atoms with Crippen LogP contribution in [0.5, 0.6) is 0 Å². The van der Waals surface area contributed by atoms with Crippen molar-refractivity contribution in [3.05, 3.63) is 76.1 Å². The van der Waals surface area contributed by atoms with Crippen LogP contribution in [0.15, 0.2) is 74.7 Å². The first-order valence-electron chi connectivity index (χ1n) is 12.9. The van der Waals surface area contributed by atoms with E-state index in [1.807, 2.05) is 36.4 Å². The Bertz CT molecular complexity index is 1570. The summed E-state index contributed by atoms with van der Waals surface area (Å²) in [6.45, 7) is 4.93. The number of thiol groups is 1. The van der Waals surface area contributed by atoms with Crippen LogP contribution >= 0.6 is 36.0 Å². The molecule has 2 fully saturated rings. The molecule has 1 spiro atoms. The smallest absolute Gasteiger partial charge is 0.263 e. The van der Waals surface area contributed by atoms with Gasteiger partial charge in [0, 0.05) is 34.3 Å². The largest absolute Gasteiger partial charge is 0.376 e. The molecule has 11 heteroatoms. The molecule has 4 heterocycles. The molecular weight excluding hydrogens is 552 g/mol. The van der Waals surface area contributed by atoms with Gasteiger partial charge in [-0.05, 0) is 49.6 Å². The molecule has 2 atom stereocenters. The second-order valence-corrected chi connectivity index (χ2v) is 12.3. The summed E-state index contributed by atoms with van der Waals surface area (Å²) in [6, 6.07) is 11.4. The van der Waals surface area contributed by atoms with Crippen LogP contribution in [0.4, 0.5) is 5.82 Å². The highest BCUT2D eigenvalue weighted by Crippen LogP contribution is 2.42. The van der Waals surface area contributed by atoms with Crippen LogP contribution in [0, 0.1) is 5.41 Å². The molecule has 6 rings (SSSR count). The number of hydrogen-bond acceptors (Lipinski definition) is 9. The average Bonchev–Trinajstić information content (AvgIpc) is 3.21. The van der Waals surface area contributed by atoms with E-state index in [-0.39, 0.29) is 23.1 Å². The van der Waals surface area contributed by atoms with E-state index < -0.39 is 0 Å². The number of piperidine rings is 1. The fourth-order valence-electron chi connectivity index (χ4n) is 5.52. The lowest BCUT2D eigenvalue weighted by atomic mass is 9.73. The molecule has 2 N–H and O–H groups in total. The number of ether oxygens (including phenoxy) is 1. The summed E-state index contributed by atoms with van der Waals surface area (Å²) >= 11 is 12.5. The van der Waals surface area contributed by atoms with Crippen molar-refractivity contribution in [3.8, 4) is 0 Å². The summed E-state index contributed by atoms with van der Waals surface area (Å²) in [6.07, 6.45) is 7.18. The van der Waals surface area contributed by atoms with Gasteiger partial charge in [0.05, 0.1) is 53.9 Å². The maximum atomic E-state index is 13.4. The topological polar surface area (TPSA) is 99.2 Å². The third-order valence-electron chi connectivity index (χ3n) is 7.92. The molecule has 202 valence electrons. The lowest BCUT2D eigenvalue weighted by molar-refractivity contribution is 0.0974. The zero-order valence-electron chi connectivity index (χ0n) is 21.5. The van der Waals surface area contributed by atoms with Crippen molar-refractivity contribution in [2.24, 2.45) is 11.1 Å². The van der Waals surface area contributed by atoms with Gasteiger partial charge in [-0.1, -0.05) is 35.5 Å². The summed E-state index contributed by atoms with van der Waals surface area (Å²) in [5.41, 5.74) is 7.84. The Morgan fingerprint density at radius 1 is 1.18 bits per heavy atom. The maximum Gasteiger partial charge on any atom is 0.263 e. The molecule has 2 aliphatic heterocycles. The van der Waals surface area contributed by atoms with Crippen molar-refractivity contribution >= 4 is 52.7 Å². The Morgan fingerprint density at radius 3 is 2.69 bits per heavy atom. The van der Waals surface area contributed by atoms with Gasteiger partial charge in [-0.3, -0.25) is 9.36 Å². The zero-order chi connectivity index (χ0) is 27.1. The van der Waals surface area contributed by atoms with Gasteiger partial charge in [0.25, 0.3) is 5.56 Å². The Labute approximate surface area is 241 Å². The number of benzene rings is 2. The van der Waals surface area contributed by atoms with Crippen LogP contribution in [0.25, 0.3) is 10.9 Å². The van der Waals surface area contributed by atoms with Gasteiger partial charge in [0.2, 0.25) is 0 Å². The monoisotopic (exact) mass is 580 g/mol. The molecule has 8 nitrogen and oxygen atoms in total. The summed E-state index contributed by atoms with van der Waals surface area (Å²) in [5.74, 6) is 0.844. The molecule has 4 aromatic rings. The Hall–Kier alpha value is -2.63. The van der Waals surface area contributed by atoms with E-state index in [9.17, 15) is 4.79 Å². The molecule has 2 aliphatic rings. The quantitative estimate of drug-likeness (QED) is 0.329. The number of hydrogen-bond donors (Lipinski definition) is 2. The molecule has 0 aliphatic carbocycles. The Morgan fingerprint density at radius 2 is 2.00 bits per heavy atom. The Kier molecular flexibility index (Phi) is 7.32. The minimum absolute atomic E-state index is 0.0655. The summed E-state index contributed by atoms with van der Waals surface area (Å²) in [5, 5.41) is 1.45. The molecule has 2 aromatic heterocycles. The SMILES string of the molecule is C[C@@H]1OCC2(CCN(c3cnc(Sc4ccc5ncn(Cc6cccc(S)c6)c(=O)c5c4Cl)cn3)CC2)[C@@H]1N. The molecule has 0 amide bonds. The second-order valence-electron chi connectivity index (χ2n) is 10.3. The molecule has 2 aromatic carbocycles. The highest BCUT2D eigenvalue weighted by molar-refractivity contribution is 7.99. The van der Waals surface area contributed by atoms with E-state index in [1.165, 1.54) is 11.8 Å². The van der Waals surface area contributed by atoms with E-state index in [4.69, 9.17) is 22.1 Å². The van der Waals surface area contributed by atoms with Gasteiger partial charge in [-0.25, -0.2) is 15.0 Å². The highest BCUT2D eigenvalue weighted by atomic mass is 35.5. The maximum absolute atomic E-state index is 13.4. The molecule has 0 unspecified atom stereocenters. The van der Waals surface area contributed by atoms with Crippen LogP contribution in [-0.4, -0.2) is 51.4 Å². The molecule has 39 heavy (non-hydrogen) atoms. The van der Waals surface area contributed by atoms with Crippen molar-refractivity contribution in [1.29, 1.82) is 0 Å². The number of anilines is 1. The van der Waals surface area contributed by atoms with E-state index in [1.54, 1.807) is 23.3 Å². The first-order chi connectivity index (χ1) is 18.8. The molecule has 2 saturated heterocycles. The van der Waals surface area contributed by atoms with Crippen molar-refractivity contribution in [2.45, 2.75) is 53.3 Å². The number of nitrogens with zero attached hydrogens (tertiary/aromatic N) is 5. The number of nitrogens with two attached hydrogens (primary N) is 1. The van der Waals surface area contributed by atoms with E-state index >= 15 is 0 Å². The van der Waals surface area contributed by atoms with Crippen LogP contribution < -0.4 is 16.2 Å². The lowest BCUT2D eigenvalue weighted by Gasteiger charge is -2.41.